The maximum Gasteiger partial charge on any atom is 0.338 e. The van der Waals surface area contributed by atoms with E-state index in [4.69, 9.17) is 10.8 Å². The molecule has 4 N–H and O–H groups in total. The van der Waals surface area contributed by atoms with Gasteiger partial charge in [-0.1, -0.05) is 0 Å². The quantitative estimate of drug-likeness (QED) is 0.713. The number of amides is 1. The molecule has 0 radical (unpaired) electrons. The highest BCUT2D eigenvalue weighted by Crippen LogP contribution is 2.29. The Balaban J connectivity index is 2.20. The van der Waals surface area contributed by atoms with Crippen LogP contribution in [-0.4, -0.2) is 36.1 Å². The predicted octanol–water partition coefficient (Wildman–Crippen LogP) is 0.821. The minimum atomic E-state index is -1.35. The number of carboxylic acid groups (broad SMARTS) is 1. The Bertz CT molecular complexity index is 562. The van der Waals surface area contributed by atoms with Crippen molar-refractivity contribution >= 4 is 23.3 Å². The molecule has 1 atom stereocenters. The molecule has 1 unspecified atom stereocenters. The van der Waals surface area contributed by atoms with Crippen molar-refractivity contribution in [3.63, 3.8) is 0 Å². The van der Waals surface area contributed by atoms with E-state index in [9.17, 15) is 14.0 Å². The average molecular weight is 281 g/mol. The lowest BCUT2D eigenvalue weighted by Gasteiger charge is -2.21. The molecule has 6 nitrogen and oxygen atoms in total. The summed E-state index contributed by atoms with van der Waals surface area (Å²) in [7, 11) is 0. The molecule has 0 aliphatic carbocycles. The van der Waals surface area contributed by atoms with E-state index in [1.54, 1.807) is 0 Å². The van der Waals surface area contributed by atoms with Crippen molar-refractivity contribution in [3.05, 3.63) is 23.5 Å². The predicted molar refractivity (Wildman–Crippen MR) is 72.2 cm³/mol. The second kappa shape index (κ2) is 5.36. The van der Waals surface area contributed by atoms with Gasteiger partial charge in [0.25, 0.3) is 0 Å². The standard InChI is InChI=1S/C13H16FN3O3/c1-7(18)16-8-2-3-17(6-8)12-5-10(14)9(13(19)20)4-11(12)15/h4-5,8H,2-3,6,15H2,1H3,(H,16,18)(H,19,20). The molecule has 1 aliphatic rings. The van der Waals surface area contributed by atoms with Gasteiger partial charge in [-0.15, -0.1) is 0 Å². The van der Waals surface area contributed by atoms with E-state index in [1.165, 1.54) is 6.92 Å². The number of hydrogen-bond donors (Lipinski definition) is 3. The third kappa shape index (κ3) is 2.81. The normalized spacial score (nSPS) is 18.1. The first-order chi connectivity index (χ1) is 9.38. The Morgan fingerprint density at radius 3 is 2.80 bits per heavy atom. The van der Waals surface area contributed by atoms with Gasteiger partial charge in [-0.05, 0) is 12.5 Å². The lowest BCUT2D eigenvalue weighted by atomic mass is 10.1. The van der Waals surface area contributed by atoms with Crippen molar-refractivity contribution in [2.75, 3.05) is 23.7 Å². The van der Waals surface area contributed by atoms with Crippen LogP contribution in [0, 0.1) is 5.82 Å². The molecule has 20 heavy (non-hydrogen) atoms. The van der Waals surface area contributed by atoms with Crippen LogP contribution in [0.1, 0.15) is 23.7 Å². The van der Waals surface area contributed by atoms with Crippen LogP contribution in [0.4, 0.5) is 15.8 Å². The number of carbonyl (C=O) groups excluding carboxylic acids is 1. The van der Waals surface area contributed by atoms with Crippen LogP contribution < -0.4 is 16.0 Å². The molecule has 7 heteroatoms. The van der Waals surface area contributed by atoms with Gasteiger partial charge in [-0.2, -0.15) is 0 Å². The van der Waals surface area contributed by atoms with E-state index in [0.717, 1.165) is 18.6 Å². The number of hydrogen-bond acceptors (Lipinski definition) is 4. The van der Waals surface area contributed by atoms with E-state index in [1.807, 2.05) is 4.90 Å². The molecule has 1 aliphatic heterocycles. The van der Waals surface area contributed by atoms with Crippen molar-refractivity contribution in [2.45, 2.75) is 19.4 Å². The van der Waals surface area contributed by atoms with Gasteiger partial charge in [0.1, 0.15) is 5.82 Å². The molecule has 0 saturated carbocycles. The van der Waals surface area contributed by atoms with Gasteiger partial charge in [-0.25, -0.2) is 9.18 Å². The first kappa shape index (κ1) is 14.1. The van der Waals surface area contributed by atoms with Crippen LogP contribution in [-0.2, 0) is 4.79 Å². The van der Waals surface area contributed by atoms with Crippen LogP contribution in [0.15, 0.2) is 12.1 Å². The number of halogens is 1. The Kier molecular flexibility index (Phi) is 3.78. The maximum absolute atomic E-state index is 13.7. The van der Waals surface area contributed by atoms with Gasteiger partial charge in [0.15, 0.2) is 0 Å². The Morgan fingerprint density at radius 2 is 2.20 bits per heavy atom. The Hall–Kier alpha value is -2.31. The van der Waals surface area contributed by atoms with E-state index < -0.39 is 17.3 Å². The van der Waals surface area contributed by atoms with Gasteiger partial charge in [0.05, 0.1) is 16.9 Å². The SMILES string of the molecule is CC(=O)NC1CCN(c2cc(F)c(C(=O)O)cc2N)C1. The van der Waals surface area contributed by atoms with Gasteiger partial charge >= 0.3 is 5.97 Å². The fraction of sp³-hybridized carbons (Fsp3) is 0.385. The van der Waals surface area contributed by atoms with Crippen LogP contribution in [0.3, 0.4) is 0 Å². The number of carbonyl (C=O) groups is 2. The summed E-state index contributed by atoms with van der Waals surface area (Å²) in [5.74, 6) is -2.28. The molecule has 108 valence electrons. The summed E-state index contributed by atoms with van der Waals surface area (Å²) < 4.78 is 13.7. The van der Waals surface area contributed by atoms with Gasteiger partial charge in [-0.3, -0.25) is 4.79 Å². The van der Waals surface area contributed by atoms with Crippen molar-refractivity contribution in [3.8, 4) is 0 Å². The number of rotatable bonds is 3. The third-order valence-corrected chi connectivity index (χ3v) is 3.28. The maximum atomic E-state index is 13.7. The Morgan fingerprint density at radius 1 is 1.50 bits per heavy atom. The van der Waals surface area contributed by atoms with Crippen molar-refractivity contribution in [2.24, 2.45) is 0 Å². The highest BCUT2D eigenvalue weighted by atomic mass is 19.1. The summed E-state index contributed by atoms with van der Waals surface area (Å²) in [4.78, 5) is 23.7. The largest absolute Gasteiger partial charge is 0.478 e. The first-order valence-corrected chi connectivity index (χ1v) is 6.23. The second-order valence-corrected chi connectivity index (χ2v) is 4.83. The lowest BCUT2D eigenvalue weighted by molar-refractivity contribution is -0.119. The number of benzene rings is 1. The topological polar surface area (TPSA) is 95.7 Å². The van der Waals surface area contributed by atoms with E-state index in [-0.39, 0.29) is 17.6 Å². The minimum Gasteiger partial charge on any atom is -0.478 e. The molecule has 1 heterocycles. The molecular formula is C13H16FN3O3. The number of nitrogens with zero attached hydrogens (tertiary/aromatic N) is 1. The first-order valence-electron chi connectivity index (χ1n) is 6.23. The molecule has 0 aromatic heterocycles. The van der Waals surface area contributed by atoms with Crippen LogP contribution >= 0.6 is 0 Å². The number of nitrogens with one attached hydrogen (secondary N) is 1. The zero-order valence-corrected chi connectivity index (χ0v) is 11.0. The van der Waals surface area contributed by atoms with Gasteiger partial charge in [0, 0.05) is 32.1 Å². The molecule has 1 fully saturated rings. The van der Waals surface area contributed by atoms with Crippen molar-refractivity contribution in [1.29, 1.82) is 0 Å². The number of nitrogens with two attached hydrogens (primary N) is 1. The van der Waals surface area contributed by atoms with Crippen molar-refractivity contribution in [1.82, 2.24) is 5.32 Å². The number of anilines is 2. The lowest BCUT2D eigenvalue weighted by Crippen LogP contribution is -2.35. The summed E-state index contributed by atoms with van der Waals surface area (Å²) >= 11 is 0. The molecule has 0 bridgehead atoms. The molecule has 1 saturated heterocycles. The van der Waals surface area contributed by atoms with Gasteiger partial charge < -0.3 is 21.1 Å². The summed E-state index contributed by atoms with van der Waals surface area (Å²) in [5, 5.41) is 11.6. The fourth-order valence-corrected chi connectivity index (χ4v) is 2.40. The van der Waals surface area contributed by atoms with E-state index in [2.05, 4.69) is 5.32 Å². The minimum absolute atomic E-state index is 0.00545. The second-order valence-electron chi connectivity index (χ2n) is 4.83. The third-order valence-electron chi connectivity index (χ3n) is 3.28. The molecule has 1 amide bonds. The molecule has 1 aromatic rings. The Labute approximate surface area is 115 Å². The molecule has 1 aromatic carbocycles. The van der Waals surface area contributed by atoms with Crippen LogP contribution in [0.25, 0.3) is 0 Å². The number of nitrogen functional groups attached to an aromatic ring is 1. The summed E-state index contributed by atoms with van der Waals surface area (Å²) in [5.41, 5.74) is 6.03. The van der Waals surface area contributed by atoms with Crippen LogP contribution in [0.2, 0.25) is 0 Å². The highest BCUT2D eigenvalue weighted by molar-refractivity contribution is 5.91. The fourth-order valence-electron chi connectivity index (χ4n) is 2.40. The van der Waals surface area contributed by atoms with E-state index >= 15 is 0 Å². The van der Waals surface area contributed by atoms with Gasteiger partial charge in [0.2, 0.25) is 5.91 Å². The van der Waals surface area contributed by atoms with Crippen molar-refractivity contribution < 1.29 is 19.1 Å². The smallest absolute Gasteiger partial charge is 0.338 e. The van der Waals surface area contributed by atoms with E-state index in [0.29, 0.717) is 18.8 Å². The molecule has 0 spiro atoms. The zero-order valence-electron chi connectivity index (χ0n) is 11.0. The van der Waals surface area contributed by atoms with Crippen LogP contribution in [0.5, 0.6) is 0 Å². The zero-order chi connectivity index (χ0) is 14.9. The summed E-state index contributed by atoms with van der Waals surface area (Å²) in [6.45, 7) is 2.59. The highest BCUT2D eigenvalue weighted by Gasteiger charge is 2.26. The molecular weight excluding hydrogens is 265 g/mol. The molecule has 2 rings (SSSR count). The summed E-state index contributed by atoms with van der Waals surface area (Å²) in [6, 6.07) is 2.25. The summed E-state index contributed by atoms with van der Waals surface area (Å²) in [6.07, 6.45) is 0.737. The number of aromatic carboxylic acids is 1. The monoisotopic (exact) mass is 281 g/mol. The average Bonchev–Trinajstić information content (AvgIpc) is 2.78. The number of carboxylic acids is 1.